The van der Waals surface area contributed by atoms with Gasteiger partial charge in [-0.25, -0.2) is 4.39 Å². The summed E-state index contributed by atoms with van der Waals surface area (Å²) < 4.78 is 18.7. The van der Waals surface area contributed by atoms with Crippen LogP contribution in [0.2, 0.25) is 5.02 Å². The van der Waals surface area contributed by atoms with E-state index in [1.54, 1.807) is 6.07 Å². The highest BCUT2D eigenvalue weighted by atomic mass is 35.5. The first-order chi connectivity index (χ1) is 8.54. The Morgan fingerprint density at radius 3 is 2.67 bits per heavy atom. The molecule has 1 aromatic carbocycles. The SMILES string of the molecule is CCOCC(NCc1ccc(Cl)c(F)c1)C(C)C. The third kappa shape index (κ3) is 4.92. The van der Waals surface area contributed by atoms with Gasteiger partial charge in [-0.1, -0.05) is 31.5 Å². The fourth-order valence-electron chi connectivity index (χ4n) is 1.63. The maximum absolute atomic E-state index is 13.3. The molecule has 0 aliphatic carbocycles. The predicted molar refractivity (Wildman–Crippen MR) is 73.4 cm³/mol. The van der Waals surface area contributed by atoms with Gasteiger partial charge < -0.3 is 10.1 Å². The highest BCUT2D eigenvalue weighted by molar-refractivity contribution is 6.30. The van der Waals surface area contributed by atoms with Crippen molar-refractivity contribution in [1.82, 2.24) is 5.32 Å². The van der Waals surface area contributed by atoms with Gasteiger partial charge >= 0.3 is 0 Å². The normalized spacial score (nSPS) is 13.0. The number of rotatable bonds is 7. The van der Waals surface area contributed by atoms with E-state index in [2.05, 4.69) is 19.2 Å². The van der Waals surface area contributed by atoms with E-state index in [1.165, 1.54) is 6.07 Å². The van der Waals surface area contributed by atoms with Crippen molar-refractivity contribution in [2.45, 2.75) is 33.4 Å². The molecule has 1 unspecified atom stereocenters. The molecule has 0 radical (unpaired) electrons. The van der Waals surface area contributed by atoms with E-state index in [-0.39, 0.29) is 16.9 Å². The Labute approximate surface area is 113 Å². The lowest BCUT2D eigenvalue weighted by atomic mass is 10.0. The molecule has 0 aromatic heterocycles. The maximum Gasteiger partial charge on any atom is 0.142 e. The van der Waals surface area contributed by atoms with Gasteiger partial charge in [0.05, 0.1) is 11.6 Å². The van der Waals surface area contributed by atoms with E-state index in [4.69, 9.17) is 16.3 Å². The summed E-state index contributed by atoms with van der Waals surface area (Å²) in [5, 5.41) is 3.54. The van der Waals surface area contributed by atoms with Crippen LogP contribution in [0.15, 0.2) is 18.2 Å². The van der Waals surface area contributed by atoms with Crippen molar-refractivity contribution < 1.29 is 9.13 Å². The van der Waals surface area contributed by atoms with Gasteiger partial charge in [0.1, 0.15) is 5.82 Å². The number of ether oxygens (including phenoxy) is 1. The molecule has 0 amide bonds. The summed E-state index contributed by atoms with van der Waals surface area (Å²) in [6.07, 6.45) is 0. The number of halogens is 2. The summed E-state index contributed by atoms with van der Waals surface area (Å²) >= 11 is 5.65. The minimum absolute atomic E-state index is 0.161. The van der Waals surface area contributed by atoms with Crippen molar-refractivity contribution in [3.8, 4) is 0 Å². The summed E-state index contributed by atoms with van der Waals surface area (Å²) in [6, 6.07) is 5.15. The fraction of sp³-hybridized carbons (Fsp3) is 0.571. The van der Waals surface area contributed by atoms with Crippen LogP contribution in [-0.4, -0.2) is 19.3 Å². The molecule has 1 aromatic rings. The van der Waals surface area contributed by atoms with Gasteiger partial charge in [0, 0.05) is 19.2 Å². The second kappa shape index (κ2) is 7.72. The molecule has 2 nitrogen and oxygen atoms in total. The van der Waals surface area contributed by atoms with Crippen LogP contribution in [0, 0.1) is 11.7 Å². The second-order valence-electron chi connectivity index (χ2n) is 4.64. The van der Waals surface area contributed by atoms with E-state index < -0.39 is 0 Å². The van der Waals surface area contributed by atoms with Gasteiger partial charge in [-0.3, -0.25) is 0 Å². The van der Waals surface area contributed by atoms with Crippen molar-refractivity contribution in [3.63, 3.8) is 0 Å². The lowest BCUT2D eigenvalue weighted by Gasteiger charge is -2.22. The molecule has 0 aliphatic rings. The summed E-state index contributed by atoms with van der Waals surface area (Å²) in [4.78, 5) is 0. The Morgan fingerprint density at radius 2 is 2.11 bits per heavy atom. The molecular formula is C14H21ClFNO. The van der Waals surface area contributed by atoms with Crippen LogP contribution in [-0.2, 0) is 11.3 Å². The van der Waals surface area contributed by atoms with E-state index >= 15 is 0 Å². The van der Waals surface area contributed by atoms with Crippen molar-refractivity contribution >= 4 is 11.6 Å². The Morgan fingerprint density at radius 1 is 1.39 bits per heavy atom. The zero-order valence-electron chi connectivity index (χ0n) is 11.2. The Bertz CT molecular complexity index is 371. The third-order valence-electron chi connectivity index (χ3n) is 2.86. The van der Waals surface area contributed by atoms with Crippen LogP contribution >= 0.6 is 11.6 Å². The van der Waals surface area contributed by atoms with Crippen molar-refractivity contribution in [2.24, 2.45) is 5.92 Å². The zero-order chi connectivity index (χ0) is 13.5. The topological polar surface area (TPSA) is 21.3 Å². The molecule has 1 atom stereocenters. The van der Waals surface area contributed by atoms with E-state index in [0.29, 0.717) is 25.7 Å². The molecule has 0 saturated heterocycles. The van der Waals surface area contributed by atoms with Crippen LogP contribution < -0.4 is 5.32 Å². The van der Waals surface area contributed by atoms with E-state index in [1.807, 2.05) is 13.0 Å². The van der Waals surface area contributed by atoms with Gasteiger partial charge in [0.2, 0.25) is 0 Å². The van der Waals surface area contributed by atoms with Crippen molar-refractivity contribution in [1.29, 1.82) is 0 Å². The Kier molecular flexibility index (Phi) is 6.61. The molecule has 1 rings (SSSR count). The smallest absolute Gasteiger partial charge is 0.142 e. The molecular weight excluding hydrogens is 253 g/mol. The standard InChI is InChI=1S/C14H21ClFNO/c1-4-18-9-14(10(2)3)17-8-11-5-6-12(15)13(16)7-11/h5-7,10,14,17H,4,8-9H2,1-3H3. The maximum atomic E-state index is 13.3. The molecule has 0 saturated carbocycles. The molecule has 4 heteroatoms. The van der Waals surface area contributed by atoms with E-state index in [9.17, 15) is 4.39 Å². The Hall–Kier alpha value is -0.640. The van der Waals surface area contributed by atoms with Gasteiger partial charge in [-0.15, -0.1) is 0 Å². The molecule has 0 bridgehead atoms. The average molecular weight is 274 g/mol. The summed E-state index contributed by atoms with van der Waals surface area (Å²) in [6.45, 7) is 8.25. The van der Waals surface area contributed by atoms with Gasteiger partial charge in [0.25, 0.3) is 0 Å². The van der Waals surface area contributed by atoms with Crippen LogP contribution in [0.4, 0.5) is 4.39 Å². The van der Waals surface area contributed by atoms with Gasteiger partial charge in [0.15, 0.2) is 0 Å². The first kappa shape index (κ1) is 15.4. The lowest BCUT2D eigenvalue weighted by Crippen LogP contribution is -2.37. The molecule has 1 N–H and O–H groups in total. The minimum Gasteiger partial charge on any atom is -0.380 e. The quantitative estimate of drug-likeness (QED) is 0.819. The molecule has 0 heterocycles. The number of nitrogens with one attached hydrogen (secondary N) is 1. The van der Waals surface area contributed by atoms with Crippen LogP contribution in [0.1, 0.15) is 26.3 Å². The number of hydrogen-bond donors (Lipinski definition) is 1. The van der Waals surface area contributed by atoms with E-state index in [0.717, 1.165) is 5.56 Å². The number of benzene rings is 1. The van der Waals surface area contributed by atoms with Crippen LogP contribution in [0.5, 0.6) is 0 Å². The largest absolute Gasteiger partial charge is 0.380 e. The second-order valence-corrected chi connectivity index (χ2v) is 5.05. The van der Waals surface area contributed by atoms with Crippen molar-refractivity contribution in [3.05, 3.63) is 34.6 Å². The van der Waals surface area contributed by atoms with Crippen molar-refractivity contribution in [2.75, 3.05) is 13.2 Å². The van der Waals surface area contributed by atoms with Gasteiger partial charge in [-0.05, 0) is 30.5 Å². The molecule has 102 valence electrons. The summed E-state index contributed by atoms with van der Waals surface area (Å²) in [5.41, 5.74) is 0.888. The van der Waals surface area contributed by atoms with Gasteiger partial charge in [-0.2, -0.15) is 0 Å². The molecule has 0 spiro atoms. The minimum atomic E-state index is -0.373. The Balaban J connectivity index is 2.52. The third-order valence-corrected chi connectivity index (χ3v) is 3.17. The zero-order valence-corrected chi connectivity index (χ0v) is 11.9. The van der Waals surface area contributed by atoms with Crippen LogP contribution in [0.3, 0.4) is 0 Å². The average Bonchev–Trinajstić information content (AvgIpc) is 2.33. The monoisotopic (exact) mass is 273 g/mol. The fourth-order valence-corrected chi connectivity index (χ4v) is 1.75. The number of hydrogen-bond acceptors (Lipinski definition) is 2. The summed E-state index contributed by atoms with van der Waals surface area (Å²) in [7, 11) is 0. The molecule has 0 aliphatic heterocycles. The highest BCUT2D eigenvalue weighted by Gasteiger charge is 2.12. The summed E-state index contributed by atoms with van der Waals surface area (Å²) in [5.74, 6) is 0.0931. The molecule has 18 heavy (non-hydrogen) atoms. The lowest BCUT2D eigenvalue weighted by molar-refractivity contribution is 0.108. The molecule has 0 fully saturated rings. The predicted octanol–water partition coefficient (Wildman–Crippen LogP) is 3.63. The first-order valence-electron chi connectivity index (χ1n) is 6.29. The highest BCUT2D eigenvalue weighted by Crippen LogP contribution is 2.15. The first-order valence-corrected chi connectivity index (χ1v) is 6.67. The van der Waals surface area contributed by atoms with Crippen LogP contribution in [0.25, 0.3) is 0 Å².